The highest BCUT2D eigenvalue weighted by Crippen LogP contribution is 2.25. The van der Waals surface area contributed by atoms with Gasteiger partial charge >= 0.3 is 12.0 Å². The Hall–Kier alpha value is -2.62. The predicted octanol–water partition coefficient (Wildman–Crippen LogP) is 2.07. The first-order chi connectivity index (χ1) is 9.99. The van der Waals surface area contributed by atoms with E-state index in [2.05, 4.69) is 10.6 Å². The number of nitrogens with one attached hydrogen (secondary N) is 2. The van der Waals surface area contributed by atoms with E-state index in [9.17, 15) is 14.0 Å². The standard InChI is InChI=1S/C14H14FN3O3/c15-10-2-4-12(9(5-10)7-16)18-14(21)17-11-3-1-8(6-11)13(19)20/h2,4-5,8,11H,1,3,6H2,(H,19,20)(H2,17,18,21)/t8-,11+/m1/s1. The number of hydrogen-bond donors (Lipinski definition) is 3. The molecule has 0 bridgehead atoms. The van der Waals surface area contributed by atoms with Crippen molar-refractivity contribution in [3.05, 3.63) is 29.6 Å². The average molecular weight is 291 g/mol. The van der Waals surface area contributed by atoms with Crippen LogP contribution in [0.4, 0.5) is 14.9 Å². The molecular weight excluding hydrogens is 277 g/mol. The van der Waals surface area contributed by atoms with E-state index in [0.29, 0.717) is 19.3 Å². The molecule has 1 aliphatic rings. The van der Waals surface area contributed by atoms with E-state index in [1.807, 2.05) is 0 Å². The van der Waals surface area contributed by atoms with Gasteiger partial charge in [-0.15, -0.1) is 0 Å². The van der Waals surface area contributed by atoms with Crippen molar-refractivity contribution in [2.24, 2.45) is 5.92 Å². The third-order valence-corrected chi connectivity index (χ3v) is 3.47. The number of carboxylic acid groups (broad SMARTS) is 1. The topological polar surface area (TPSA) is 102 Å². The van der Waals surface area contributed by atoms with Crippen molar-refractivity contribution in [2.45, 2.75) is 25.3 Å². The van der Waals surface area contributed by atoms with Gasteiger partial charge in [-0.1, -0.05) is 0 Å². The number of carbonyl (C=O) groups is 2. The SMILES string of the molecule is N#Cc1cc(F)ccc1NC(=O)N[C@H]1CC[C@@H](C(=O)O)C1. The summed E-state index contributed by atoms with van der Waals surface area (Å²) in [6, 6.07) is 4.54. The highest BCUT2D eigenvalue weighted by molar-refractivity contribution is 5.91. The van der Waals surface area contributed by atoms with E-state index < -0.39 is 23.7 Å². The molecule has 6 nitrogen and oxygen atoms in total. The Balaban J connectivity index is 1.94. The largest absolute Gasteiger partial charge is 0.481 e. The molecule has 0 heterocycles. The van der Waals surface area contributed by atoms with Gasteiger partial charge in [-0.05, 0) is 37.5 Å². The van der Waals surface area contributed by atoms with Crippen LogP contribution in [0.25, 0.3) is 0 Å². The maximum Gasteiger partial charge on any atom is 0.319 e. The summed E-state index contributed by atoms with van der Waals surface area (Å²) in [5, 5.41) is 22.9. The van der Waals surface area contributed by atoms with Crippen molar-refractivity contribution in [1.82, 2.24) is 5.32 Å². The maximum absolute atomic E-state index is 13.0. The molecule has 1 aromatic rings. The van der Waals surface area contributed by atoms with Gasteiger partial charge < -0.3 is 15.7 Å². The Morgan fingerprint density at radius 1 is 1.38 bits per heavy atom. The molecule has 2 rings (SSSR count). The lowest BCUT2D eigenvalue weighted by atomic mass is 10.1. The smallest absolute Gasteiger partial charge is 0.319 e. The summed E-state index contributed by atoms with van der Waals surface area (Å²) in [6.07, 6.45) is 1.51. The fraction of sp³-hybridized carbons (Fsp3) is 0.357. The Morgan fingerprint density at radius 3 is 2.76 bits per heavy atom. The number of nitrogens with zero attached hydrogens (tertiary/aromatic N) is 1. The second kappa shape index (κ2) is 6.22. The van der Waals surface area contributed by atoms with Crippen LogP contribution in [0.5, 0.6) is 0 Å². The zero-order valence-electron chi connectivity index (χ0n) is 11.1. The second-order valence-corrected chi connectivity index (χ2v) is 4.95. The number of amides is 2. The van der Waals surface area contributed by atoms with Crippen LogP contribution in [0.2, 0.25) is 0 Å². The molecule has 2 amide bonds. The summed E-state index contributed by atoms with van der Waals surface area (Å²) in [6.45, 7) is 0. The molecule has 0 unspecified atom stereocenters. The maximum atomic E-state index is 13.0. The van der Waals surface area contributed by atoms with Crippen molar-refractivity contribution >= 4 is 17.7 Å². The Bertz CT molecular complexity index is 612. The fourth-order valence-corrected chi connectivity index (χ4v) is 2.40. The monoisotopic (exact) mass is 291 g/mol. The van der Waals surface area contributed by atoms with E-state index >= 15 is 0 Å². The number of aliphatic carboxylic acids is 1. The first kappa shape index (κ1) is 14.8. The minimum Gasteiger partial charge on any atom is -0.481 e. The van der Waals surface area contributed by atoms with E-state index in [1.165, 1.54) is 6.07 Å². The number of carbonyl (C=O) groups excluding carboxylic acids is 1. The van der Waals surface area contributed by atoms with Crippen molar-refractivity contribution in [2.75, 3.05) is 5.32 Å². The van der Waals surface area contributed by atoms with Crippen LogP contribution >= 0.6 is 0 Å². The summed E-state index contributed by atoms with van der Waals surface area (Å²) < 4.78 is 13.0. The third-order valence-electron chi connectivity index (χ3n) is 3.47. The van der Waals surface area contributed by atoms with Crippen LogP contribution < -0.4 is 10.6 Å². The molecule has 1 aliphatic carbocycles. The van der Waals surface area contributed by atoms with Crippen LogP contribution in [0, 0.1) is 23.1 Å². The zero-order chi connectivity index (χ0) is 15.4. The third kappa shape index (κ3) is 3.69. The Morgan fingerprint density at radius 2 is 2.14 bits per heavy atom. The van der Waals surface area contributed by atoms with Crippen LogP contribution in [-0.2, 0) is 4.79 Å². The molecule has 1 fully saturated rings. The van der Waals surface area contributed by atoms with Crippen LogP contribution in [-0.4, -0.2) is 23.1 Å². The average Bonchev–Trinajstić information content (AvgIpc) is 2.89. The van der Waals surface area contributed by atoms with Gasteiger partial charge in [0.25, 0.3) is 0 Å². The summed E-state index contributed by atoms with van der Waals surface area (Å²) >= 11 is 0. The van der Waals surface area contributed by atoms with Crippen molar-refractivity contribution in [3.63, 3.8) is 0 Å². The molecule has 3 N–H and O–H groups in total. The molecule has 2 atom stereocenters. The molecule has 7 heteroatoms. The fourth-order valence-electron chi connectivity index (χ4n) is 2.40. The molecule has 0 aliphatic heterocycles. The Labute approximate surface area is 120 Å². The lowest BCUT2D eigenvalue weighted by Crippen LogP contribution is -2.36. The minimum atomic E-state index is -0.856. The number of nitriles is 1. The zero-order valence-corrected chi connectivity index (χ0v) is 11.1. The molecule has 0 spiro atoms. The molecule has 1 aromatic carbocycles. The normalized spacial score (nSPS) is 20.6. The molecular formula is C14H14FN3O3. The number of rotatable bonds is 3. The summed E-state index contributed by atoms with van der Waals surface area (Å²) in [5.41, 5.74) is 0.240. The van der Waals surface area contributed by atoms with Gasteiger partial charge in [-0.25, -0.2) is 9.18 Å². The van der Waals surface area contributed by atoms with Crippen LogP contribution in [0.15, 0.2) is 18.2 Å². The van der Waals surface area contributed by atoms with Crippen molar-refractivity contribution in [3.8, 4) is 6.07 Å². The van der Waals surface area contributed by atoms with Gasteiger partial charge in [0.15, 0.2) is 0 Å². The number of hydrogen-bond acceptors (Lipinski definition) is 3. The van der Waals surface area contributed by atoms with Gasteiger partial charge in [0.2, 0.25) is 0 Å². The first-order valence-corrected chi connectivity index (χ1v) is 6.49. The molecule has 0 radical (unpaired) electrons. The molecule has 21 heavy (non-hydrogen) atoms. The molecule has 1 saturated carbocycles. The minimum absolute atomic E-state index is 0.0278. The van der Waals surface area contributed by atoms with E-state index in [0.717, 1.165) is 12.1 Å². The number of halogens is 1. The Kier molecular flexibility index (Phi) is 4.38. The van der Waals surface area contributed by atoms with E-state index in [1.54, 1.807) is 6.07 Å². The lowest BCUT2D eigenvalue weighted by molar-refractivity contribution is -0.141. The van der Waals surface area contributed by atoms with E-state index in [-0.39, 0.29) is 17.3 Å². The lowest BCUT2D eigenvalue weighted by Gasteiger charge is -2.14. The van der Waals surface area contributed by atoms with Gasteiger partial charge in [0, 0.05) is 6.04 Å². The highest BCUT2D eigenvalue weighted by atomic mass is 19.1. The van der Waals surface area contributed by atoms with Gasteiger partial charge in [0.05, 0.1) is 17.2 Å². The van der Waals surface area contributed by atoms with Gasteiger partial charge in [-0.2, -0.15) is 5.26 Å². The number of urea groups is 1. The molecule has 0 saturated heterocycles. The molecule has 110 valence electrons. The van der Waals surface area contributed by atoms with E-state index in [4.69, 9.17) is 10.4 Å². The number of anilines is 1. The predicted molar refractivity (Wildman–Crippen MR) is 72.0 cm³/mol. The van der Waals surface area contributed by atoms with Crippen LogP contribution in [0.1, 0.15) is 24.8 Å². The van der Waals surface area contributed by atoms with Gasteiger partial charge in [0.1, 0.15) is 11.9 Å². The summed E-state index contributed by atoms with van der Waals surface area (Å²) in [7, 11) is 0. The van der Waals surface area contributed by atoms with Crippen molar-refractivity contribution < 1.29 is 19.1 Å². The molecule has 0 aromatic heterocycles. The second-order valence-electron chi connectivity index (χ2n) is 4.95. The van der Waals surface area contributed by atoms with Crippen molar-refractivity contribution in [1.29, 1.82) is 5.26 Å². The van der Waals surface area contributed by atoms with Crippen LogP contribution in [0.3, 0.4) is 0 Å². The highest BCUT2D eigenvalue weighted by Gasteiger charge is 2.30. The summed E-state index contributed by atoms with van der Waals surface area (Å²) in [4.78, 5) is 22.7. The van der Waals surface area contributed by atoms with Gasteiger partial charge in [-0.3, -0.25) is 4.79 Å². The number of benzene rings is 1. The summed E-state index contributed by atoms with van der Waals surface area (Å²) in [5.74, 6) is -1.85. The number of carboxylic acids is 1. The quantitative estimate of drug-likeness (QED) is 0.793. The first-order valence-electron chi connectivity index (χ1n) is 6.49.